The zero-order chi connectivity index (χ0) is 24.1. The lowest BCUT2D eigenvalue weighted by atomic mass is 9.75. The summed E-state index contributed by atoms with van der Waals surface area (Å²) in [5.41, 5.74) is 9.01. The van der Waals surface area contributed by atoms with E-state index in [0.717, 1.165) is 0 Å². The van der Waals surface area contributed by atoms with Crippen LogP contribution in [0, 0.1) is 0 Å². The number of nitrogens with one attached hydrogen (secondary N) is 2. The SMILES string of the molecule is CC1CCc2c(-c3cnc(C4CCCC4)[nH]3)ccc(C3CCC(c4cnc(C5CCCC5)[nH]4)CC3)c21. The lowest BCUT2D eigenvalue weighted by Gasteiger charge is -2.30. The molecule has 0 spiro atoms. The van der Waals surface area contributed by atoms with Gasteiger partial charge in [0.1, 0.15) is 11.6 Å². The quantitative estimate of drug-likeness (QED) is 0.382. The molecule has 0 radical (unpaired) electrons. The Labute approximate surface area is 216 Å². The molecule has 0 aliphatic heterocycles. The molecule has 4 nitrogen and oxygen atoms in total. The van der Waals surface area contributed by atoms with Gasteiger partial charge in [0.15, 0.2) is 0 Å². The van der Waals surface area contributed by atoms with Crippen molar-refractivity contribution in [1.29, 1.82) is 0 Å². The van der Waals surface area contributed by atoms with Crippen LogP contribution in [-0.2, 0) is 6.42 Å². The lowest BCUT2D eigenvalue weighted by Crippen LogP contribution is -2.14. The minimum Gasteiger partial charge on any atom is -0.345 e. The second kappa shape index (κ2) is 9.50. The van der Waals surface area contributed by atoms with Crippen LogP contribution in [0.25, 0.3) is 11.3 Å². The minimum atomic E-state index is 0.643. The molecule has 36 heavy (non-hydrogen) atoms. The molecular formula is C32H42N4. The molecule has 2 aromatic heterocycles. The van der Waals surface area contributed by atoms with Crippen LogP contribution in [-0.4, -0.2) is 19.9 Å². The van der Waals surface area contributed by atoms with Crippen molar-refractivity contribution in [2.75, 3.05) is 0 Å². The number of nitrogens with zero attached hydrogens (tertiary/aromatic N) is 2. The smallest absolute Gasteiger partial charge is 0.109 e. The van der Waals surface area contributed by atoms with Crippen LogP contribution < -0.4 is 0 Å². The van der Waals surface area contributed by atoms with E-state index in [2.05, 4.69) is 41.4 Å². The van der Waals surface area contributed by atoms with Crippen molar-refractivity contribution < 1.29 is 0 Å². The highest BCUT2D eigenvalue weighted by atomic mass is 14.9. The number of hydrogen-bond donors (Lipinski definition) is 2. The van der Waals surface area contributed by atoms with Gasteiger partial charge in [0, 0.05) is 35.2 Å². The summed E-state index contributed by atoms with van der Waals surface area (Å²) in [5.74, 6) is 5.85. The average Bonchev–Trinajstić information content (AvgIpc) is 3.74. The van der Waals surface area contributed by atoms with Gasteiger partial charge in [-0.15, -0.1) is 0 Å². The van der Waals surface area contributed by atoms with Gasteiger partial charge in [0.25, 0.3) is 0 Å². The highest BCUT2D eigenvalue weighted by molar-refractivity contribution is 5.68. The molecule has 0 saturated heterocycles. The lowest BCUT2D eigenvalue weighted by molar-refractivity contribution is 0.389. The van der Waals surface area contributed by atoms with Gasteiger partial charge in [-0.3, -0.25) is 0 Å². The predicted octanol–water partition coefficient (Wildman–Crippen LogP) is 8.61. The Morgan fingerprint density at radius 2 is 1.31 bits per heavy atom. The summed E-state index contributed by atoms with van der Waals surface area (Å²) in [6.07, 6.45) is 22.6. The molecular weight excluding hydrogens is 440 g/mol. The third kappa shape index (κ3) is 4.05. The molecule has 3 saturated carbocycles. The van der Waals surface area contributed by atoms with Crippen molar-refractivity contribution in [1.82, 2.24) is 19.9 Å². The van der Waals surface area contributed by atoms with E-state index in [9.17, 15) is 0 Å². The van der Waals surface area contributed by atoms with Crippen LogP contribution >= 0.6 is 0 Å². The zero-order valence-corrected chi connectivity index (χ0v) is 22.0. The van der Waals surface area contributed by atoms with Crippen molar-refractivity contribution in [2.24, 2.45) is 0 Å². The molecule has 4 heteroatoms. The van der Waals surface area contributed by atoms with Crippen molar-refractivity contribution in [3.05, 3.63) is 58.6 Å². The first-order chi connectivity index (χ1) is 17.7. The third-order valence-corrected chi connectivity index (χ3v) is 10.3. The maximum Gasteiger partial charge on any atom is 0.109 e. The molecule has 2 heterocycles. The molecule has 1 atom stereocenters. The topological polar surface area (TPSA) is 57.4 Å². The predicted molar refractivity (Wildman–Crippen MR) is 146 cm³/mol. The summed E-state index contributed by atoms with van der Waals surface area (Å²) in [6, 6.07) is 4.92. The molecule has 3 fully saturated rings. The molecule has 0 amide bonds. The van der Waals surface area contributed by atoms with Gasteiger partial charge in [-0.2, -0.15) is 0 Å². The van der Waals surface area contributed by atoms with E-state index in [1.54, 1.807) is 16.7 Å². The van der Waals surface area contributed by atoms with E-state index in [0.29, 0.717) is 29.6 Å². The Morgan fingerprint density at radius 3 is 2.03 bits per heavy atom. The first kappa shape index (κ1) is 22.8. The fourth-order valence-corrected chi connectivity index (χ4v) is 8.21. The van der Waals surface area contributed by atoms with E-state index >= 15 is 0 Å². The molecule has 4 aliphatic carbocycles. The number of hydrogen-bond acceptors (Lipinski definition) is 2. The van der Waals surface area contributed by atoms with Crippen molar-refractivity contribution in [3.63, 3.8) is 0 Å². The minimum absolute atomic E-state index is 0.643. The summed E-state index contributed by atoms with van der Waals surface area (Å²) < 4.78 is 0. The highest BCUT2D eigenvalue weighted by Crippen LogP contribution is 2.48. The molecule has 1 aromatic carbocycles. The Hall–Kier alpha value is -2.36. The fourth-order valence-electron chi connectivity index (χ4n) is 8.21. The number of aromatic amines is 2. The monoisotopic (exact) mass is 482 g/mol. The molecule has 4 aliphatic rings. The number of fused-ring (bicyclic) bond motifs is 1. The molecule has 190 valence electrons. The second-order valence-electron chi connectivity index (χ2n) is 12.5. The number of H-pyrrole nitrogens is 2. The third-order valence-electron chi connectivity index (χ3n) is 10.3. The standard InChI is InChI=1S/C32H42N4/c1-20-10-15-27-26(29-19-34-32(36-29)24-8-4-5-9-24)17-16-25(30(20)27)21-11-13-22(14-12-21)28-18-33-31(35-28)23-6-2-3-7-23/h16-24H,2-15H2,1H3,(H,33,35)(H,34,36). The fraction of sp³-hybridized carbons (Fsp3) is 0.625. The number of imidazole rings is 2. The second-order valence-corrected chi connectivity index (χ2v) is 12.5. The summed E-state index contributed by atoms with van der Waals surface area (Å²) in [6.45, 7) is 2.46. The molecule has 0 bridgehead atoms. The van der Waals surface area contributed by atoms with E-state index < -0.39 is 0 Å². The van der Waals surface area contributed by atoms with Gasteiger partial charge in [0.05, 0.1) is 11.9 Å². The summed E-state index contributed by atoms with van der Waals surface area (Å²) in [5, 5.41) is 0. The highest BCUT2D eigenvalue weighted by Gasteiger charge is 2.32. The first-order valence-corrected chi connectivity index (χ1v) is 15.0. The van der Waals surface area contributed by atoms with Crippen molar-refractivity contribution in [3.8, 4) is 11.3 Å². The largest absolute Gasteiger partial charge is 0.345 e. The van der Waals surface area contributed by atoms with Crippen LogP contribution in [0.4, 0.5) is 0 Å². The first-order valence-electron chi connectivity index (χ1n) is 15.0. The number of aromatic nitrogens is 4. The average molecular weight is 483 g/mol. The van der Waals surface area contributed by atoms with E-state index in [-0.39, 0.29) is 0 Å². The van der Waals surface area contributed by atoms with Crippen LogP contribution in [0.1, 0.15) is 154 Å². The zero-order valence-electron chi connectivity index (χ0n) is 22.0. The van der Waals surface area contributed by atoms with Gasteiger partial charge in [-0.1, -0.05) is 44.7 Å². The Bertz CT molecular complexity index is 1200. The van der Waals surface area contributed by atoms with Gasteiger partial charge in [-0.25, -0.2) is 9.97 Å². The van der Waals surface area contributed by atoms with Gasteiger partial charge in [-0.05, 0) is 92.7 Å². The van der Waals surface area contributed by atoms with Gasteiger partial charge >= 0.3 is 0 Å². The number of rotatable bonds is 5. The Balaban J connectivity index is 1.09. The summed E-state index contributed by atoms with van der Waals surface area (Å²) in [4.78, 5) is 17.1. The van der Waals surface area contributed by atoms with Crippen LogP contribution in [0.5, 0.6) is 0 Å². The van der Waals surface area contributed by atoms with Crippen LogP contribution in [0.2, 0.25) is 0 Å². The van der Waals surface area contributed by atoms with E-state index in [1.807, 2.05) is 0 Å². The van der Waals surface area contributed by atoms with Gasteiger partial charge < -0.3 is 9.97 Å². The van der Waals surface area contributed by atoms with Crippen LogP contribution in [0.3, 0.4) is 0 Å². The Morgan fingerprint density at radius 1 is 0.667 bits per heavy atom. The molecule has 2 N–H and O–H groups in total. The van der Waals surface area contributed by atoms with Crippen LogP contribution in [0.15, 0.2) is 24.5 Å². The summed E-state index contributed by atoms with van der Waals surface area (Å²) >= 11 is 0. The van der Waals surface area contributed by atoms with Crippen molar-refractivity contribution in [2.45, 2.75) is 126 Å². The normalized spacial score (nSPS) is 27.2. The number of benzene rings is 1. The maximum atomic E-state index is 4.83. The Kier molecular flexibility index (Phi) is 6.02. The summed E-state index contributed by atoms with van der Waals surface area (Å²) in [7, 11) is 0. The molecule has 7 rings (SSSR count). The van der Waals surface area contributed by atoms with E-state index in [1.165, 1.54) is 118 Å². The molecule has 3 aromatic rings. The van der Waals surface area contributed by atoms with Gasteiger partial charge in [0.2, 0.25) is 0 Å². The van der Waals surface area contributed by atoms with E-state index in [4.69, 9.17) is 9.97 Å². The maximum absolute atomic E-state index is 4.83. The van der Waals surface area contributed by atoms with Crippen molar-refractivity contribution >= 4 is 0 Å². The molecule has 1 unspecified atom stereocenters.